The van der Waals surface area contributed by atoms with Crippen molar-refractivity contribution in [3.8, 4) is 17.0 Å². The van der Waals surface area contributed by atoms with Gasteiger partial charge in [0.25, 0.3) is 0 Å². The van der Waals surface area contributed by atoms with Gasteiger partial charge in [0, 0.05) is 12.5 Å². The number of carbonyl (C=O) groups is 1. The summed E-state index contributed by atoms with van der Waals surface area (Å²) in [5, 5.41) is 4.73. The van der Waals surface area contributed by atoms with Gasteiger partial charge >= 0.3 is 0 Å². The van der Waals surface area contributed by atoms with Crippen molar-refractivity contribution in [1.82, 2.24) is 9.78 Å². The zero-order valence-electron chi connectivity index (χ0n) is 20.3. The van der Waals surface area contributed by atoms with Gasteiger partial charge in [-0.25, -0.2) is 0 Å². The van der Waals surface area contributed by atoms with Crippen LogP contribution in [-0.4, -0.2) is 22.7 Å². The molecule has 0 aliphatic heterocycles. The fraction of sp³-hybridized carbons (Fsp3) is 0.400. The number of methoxy groups -OCH3 is 1. The second kappa shape index (κ2) is 7.97. The van der Waals surface area contributed by atoms with E-state index < -0.39 is 0 Å². The first kappa shape index (κ1) is 21.4. The highest BCUT2D eigenvalue weighted by molar-refractivity contribution is 6.05. The predicted molar refractivity (Wildman–Crippen MR) is 135 cm³/mol. The Labute approximate surface area is 201 Å². The minimum atomic E-state index is -0.242. The van der Waals surface area contributed by atoms with Gasteiger partial charge in [0.05, 0.1) is 18.5 Å². The van der Waals surface area contributed by atoms with Gasteiger partial charge in [-0.15, -0.1) is 0 Å². The van der Waals surface area contributed by atoms with Gasteiger partial charge < -0.3 is 4.74 Å². The monoisotopic (exact) mass is 452 g/mol. The largest absolute Gasteiger partial charge is 0.497 e. The second-order valence-corrected chi connectivity index (χ2v) is 10.6. The van der Waals surface area contributed by atoms with Crippen LogP contribution in [0.25, 0.3) is 17.3 Å². The van der Waals surface area contributed by atoms with Crippen LogP contribution < -0.4 is 4.74 Å². The molecule has 1 heterocycles. The standard InChI is InChI=1S/C30H32N2O2/c1-30-14-13-25-24-12-10-23(34-3)16-20(24)9-11-26(25)27(30)17-21(29(30)33)15-22-18-28(32(2)31-22)19-7-5-4-6-8-19/h4-8,10,12,15-16,18,25-27H,9,11,13-14,17H2,1-3H3/b21-15+/t25-,26-,27-,30-/m1/s1. The fourth-order valence-corrected chi connectivity index (χ4v) is 7.10. The number of fused-ring (bicyclic) bond motifs is 5. The Morgan fingerprint density at radius 1 is 1.12 bits per heavy atom. The van der Waals surface area contributed by atoms with E-state index in [-0.39, 0.29) is 5.41 Å². The number of allylic oxidation sites excluding steroid dienone is 1. The molecular weight excluding hydrogens is 420 g/mol. The van der Waals surface area contributed by atoms with Crippen molar-refractivity contribution < 1.29 is 9.53 Å². The molecule has 0 N–H and O–H groups in total. The van der Waals surface area contributed by atoms with Crippen molar-refractivity contribution in [3.05, 3.63) is 77.0 Å². The molecule has 0 amide bonds. The molecule has 3 aromatic rings. The molecule has 4 nitrogen and oxygen atoms in total. The summed E-state index contributed by atoms with van der Waals surface area (Å²) in [4.78, 5) is 13.7. The summed E-state index contributed by atoms with van der Waals surface area (Å²) in [6.07, 6.45) is 7.24. The SMILES string of the molecule is COc1ccc2c(c1)CC[C@@H]1[C@@H]2CC[C@@]2(C)C(=O)/C(=C/c3cc(-c4ccccc4)n(C)n3)C[C@H]12. The number of aromatic nitrogens is 2. The molecule has 34 heavy (non-hydrogen) atoms. The lowest BCUT2D eigenvalue weighted by Crippen LogP contribution is -2.42. The third-order valence-electron chi connectivity index (χ3n) is 8.86. The average Bonchev–Trinajstić information content (AvgIpc) is 3.35. The number of aryl methyl sites for hydroxylation is 2. The highest BCUT2D eigenvalue weighted by atomic mass is 16.5. The molecule has 2 saturated carbocycles. The molecule has 3 aliphatic rings. The molecule has 3 aliphatic carbocycles. The van der Waals surface area contributed by atoms with Crippen LogP contribution in [0.3, 0.4) is 0 Å². The van der Waals surface area contributed by atoms with Crippen LogP contribution >= 0.6 is 0 Å². The van der Waals surface area contributed by atoms with E-state index in [9.17, 15) is 4.79 Å². The van der Waals surface area contributed by atoms with Crippen molar-refractivity contribution >= 4 is 11.9 Å². The van der Waals surface area contributed by atoms with E-state index in [4.69, 9.17) is 9.84 Å². The maximum atomic E-state index is 13.7. The lowest BCUT2D eigenvalue weighted by Gasteiger charge is -2.48. The summed E-state index contributed by atoms with van der Waals surface area (Å²) in [7, 11) is 3.71. The second-order valence-electron chi connectivity index (χ2n) is 10.6. The average molecular weight is 453 g/mol. The van der Waals surface area contributed by atoms with Crippen LogP contribution in [0.5, 0.6) is 5.75 Å². The molecule has 6 rings (SSSR count). The van der Waals surface area contributed by atoms with Gasteiger partial charge in [-0.05, 0) is 96.4 Å². The number of ether oxygens (including phenoxy) is 1. The van der Waals surface area contributed by atoms with Crippen LogP contribution in [0.15, 0.2) is 60.2 Å². The Morgan fingerprint density at radius 3 is 2.74 bits per heavy atom. The van der Waals surface area contributed by atoms with E-state index in [1.807, 2.05) is 29.9 Å². The summed E-state index contributed by atoms with van der Waals surface area (Å²) in [6, 6.07) is 19.0. The van der Waals surface area contributed by atoms with E-state index in [1.54, 1.807) is 7.11 Å². The molecule has 0 bridgehead atoms. The lowest BCUT2D eigenvalue weighted by atomic mass is 9.55. The third kappa shape index (κ3) is 3.26. The Morgan fingerprint density at radius 2 is 1.94 bits per heavy atom. The lowest BCUT2D eigenvalue weighted by molar-refractivity contribution is -0.127. The van der Waals surface area contributed by atoms with Crippen LogP contribution in [-0.2, 0) is 18.3 Å². The molecule has 2 fully saturated rings. The number of benzene rings is 2. The Balaban J connectivity index is 1.31. The summed E-state index contributed by atoms with van der Waals surface area (Å²) in [6.45, 7) is 2.23. The minimum Gasteiger partial charge on any atom is -0.497 e. The van der Waals surface area contributed by atoms with Gasteiger partial charge in [0.1, 0.15) is 5.75 Å². The zero-order chi connectivity index (χ0) is 23.4. The molecule has 4 heteroatoms. The number of hydrogen-bond acceptors (Lipinski definition) is 3. The van der Waals surface area contributed by atoms with Crippen molar-refractivity contribution in [2.75, 3.05) is 7.11 Å². The Kier molecular flexibility index (Phi) is 5.02. The molecule has 0 radical (unpaired) electrons. The highest BCUT2D eigenvalue weighted by Gasteiger charge is 2.56. The van der Waals surface area contributed by atoms with Crippen molar-refractivity contribution in [3.63, 3.8) is 0 Å². The van der Waals surface area contributed by atoms with Gasteiger partial charge in [-0.2, -0.15) is 5.10 Å². The summed E-state index contributed by atoms with van der Waals surface area (Å²) in [5.41, 5.74) is 6.73. The van der Waals surface area contributed by atoms with Crippen LogP contribution in [0.2, 0.25) is 0 Å². The molecule has 2 aromatic carbocycles. The Hall–Kier alpha value is -3.14. The number of ketones is 1. The van der Waals surface area contributed by atoms with Crippen LogP contribution in [0.4, 0.5) is 0 Å². The van der Waals surface area contributed by atoms with Gasteiger partial charge in [0.15, 0.2) is 5.78 Å². The summed E-state index contributed by atoms with van der Waals surface area (Å²) < 4.78 is 7.38. The summed E-state index contributed by atoms with van der Waals surface area (Å²) >= 11 is 0. The van der Waals surface area contributed by atoms with Gasteiger partial charge in [-0.1, -0.05) is 43.3 Å². The number of carbonyl (C=O) groups excluding carboxylic acids is 1. The van der Waals surface area contributed by atoms with Crippen LogP contribution in [0, 0.1) is 17.3 Å². The molecular formula is C30H32N2O2. The topological polar surface area (TPSA) is 44.1 Å². The molecule has 4 atom stereocenters. The molecule has 174 valence electrons. The van der Waals surface area contributed by atoms with Crippen LogP contribution in [0.1, 0.15) is 55.3 Å². The minimum absolute atomic E-state index is 0.242. The quantitative estimate of drug-likeness (QED) is 0.444. The smallest absolute Gasteiger partial charge is 0.165 e. The predicted octanol–water partition coefficient (Wildman–Crippen LogP) is 6.21. The number of nitrogens with zero attached hydrogens (tertiary/aromatic N) is 2. The van der Waals surface area contributed by atoms with Gasteiger partial charge in [-0.3, -0.25) is 9.48 Å². The first-order valence-electron chi connectivity index (χ1n) is 12.5. The van der Waals surface area contributed by atoms with E-state index in [0.29, 0.717) is 23.5 Å². The van der Waals surface area contributed by atoms with Crippen molar-refractivity contribution in [2.24, 2.45) is 24.3 Å². The van der Waals surface area contributed by atoms with E-state index in [1.165, 1.54) is 11.1 Å². The van der Waals surface area contributed by atoms with Crippen molar-refractivity contribution in [2.45, 2.75) is 44.9 Å². The first-order valence-corrected chi connectivity index (χ1v) is 12.5. The molecule has 1 aromatic heterocycles. The first-order chi connectivity index (χ1) is 16.5. The maximum absolute atomic E-state index is 13.7. The number of rotatable bonds is 3. The number of Topliss-reactive ketones (excluding diaryl/α,β-unsaturated/α-hetero) is 1. The molecule has 0 unspecified atom stereocenters. The zero-order valence-corrected chi connectivity index (χ0v) is 20.3. The highest BCUT2D eigenvalue weighted by Crippen LogP contribution is 2.60. The summed E-state index contributed by atoms with van der Waals surface area (Å²) in [5.74, 6) is 2.84. The molecule has 0 saturated heterocycles. The van der Waals surface area contributed by atoms with E-state index in [0.717, 1.165) is 60.4 Å². The van der Waals surface area contributed by atoms with E-state index >= 15 is 0 Å². The normalized spacial score (nSPS) is 29.0. The van der Waals surface area contributed by atoms with Gasteiger partial charge in [0.2, 0.25) is 0 Å². The maximum Gasteiger partial charge on any atom is 0.165 e. The Bertz CT molecular complexity index is 1290. The molecule has 0 spiro atoms. The third-order valence-corrected chi connectivity index (χ3v) is 8.86. The fourth-order valence-electron chi connectivity index (χ4n) is 7.10. The van der Waals surface area contributed by atoms with E-state index in [2.05, 4.69) is 49.4 Å². The van der Waals surface area contributed by atoms with Crippen molar-refractivity contribution in [1.29, 1.82) is 0 Å². The number of hydrogen-bond donors (Lipinski definition) is 0.